The Balaban J connectivity index is 1.85. The molecule has 4 rings (SSSR count). The molecule has 0 aliphatic heterocycles. The van der Waals surface area contributed by atoms with Crippen molar-refractivity contribution in [2.45, 2.75) is 65.0 Å². The highest BCUT2D eigenvalue weighted by Gasteiger charge is 2.32. The highest BCUT2D eigenvalue weighted by Crippen LogP contribution is 2.43. The summed E-state index contributed by atoms with van der Waals surface area (Å²) < 4.78 is 1.98. The third kappa shape index (κ3) is 3.66. The lowest BCUT2D eigenvalue weighted by Crippen LogP contribution is -2.32. The summed E-state index contributed by atoms with van der Waals surface area (Å²) in [6.07, 6.45) is 3.97. The molecule has 2 heterocycles. The number of carbonyl (C=O) groups is 1. The van der Waals surface area contributed by atoms with E-state index in [-0.39, 0.29) is 11.9 Å². The van der Waals surface area contributed by atoms with Gasteiger partial charge >= 0.3 is 0 Å². The van der Waals surface area contributed by atoms with E-state index in [1.807, 2.05) is 35.9 Å². The van der Waals surface area contributed by atoms with Gasteiger partial charge in [0.25, 0.3) is 5.91 Å². The zero-order valence-corrected chi connectivity index (χ0v) is 16.9. The highest BCUT2D eigenvalue weighted by molar-refractivity contribution is 6.07. The van der Waals surface area contributed by atoms with Gasteiger partial charge in [0.05, 0.1) is 23.2 Å². The Morgan fingerprint density at radius 1 is 1.25 bits per heavy atom. The Morgan fingerprint density at radius 2 is 2.00 bits per heavy atom. The summed E-state index contributed by atoms with van der Waals surface area (Å²) in [7, 11) is 0. The number of carbonyl (C=O) groups excluding carboxylic acids is 1. The number of hydrogen-bond donors (Lipinski definition) is 1. The Bertz CT molecular complexity index is 989. The minimum Gasteiger partial charge on any atom is -0.350 e. The fourth-order valence-electron chi connectivity index (χ4n) is 3.52. The van der Waals surface area contributed by atoms with E-state index in [0.717, 1.165) is 53.7 Å². The maximum atomic E-state index is 13.1. The predicted octanol–water partition coefficient (Wildman–Crippen LogP) is 4.45. The summed E-state index contributed by atoms with van der Waals surface area (Å²) in [5.74, 6) is 0.432. The number of benzene rings is 1. The van der Waals surface area contributed by atoms with Gasteiger partial charge in [0.15, 0.2) is 5.65 Å². The van der Waals surface area contributed by atoms with Gasteiger partial charge in [0.1, 0.15) is 0 Å². The normalized spacial score (nSPS) is 15.0. The molecule has 1 N–H and O–H groups in total. The van der Waals surface area contributed by atoms with Gasteiger partial charge < -0.3 is 5.32 Å². The molecule has 1 aliphatic carbocycles. The lowest BCUT2D eigenvalue weighted by Gasteiger charge is -2.13. The Morgan fingerprint density at radius 3 is 2.64 bits per heavy atom. The topological polar surface area (TPSA) is 59.8 Å². The lowest BCUT2D eigenvalue weighted by atomic mass is 10.0. The molecule has 0 bridgehead atoms. The molecule has 1 atom stereocenters. The van der Waals surface area contributed by atoms with Crippen LogP contribution in [0, 0.1) is 0 Å². The average Bonchev–Trinajstić information content (AvgIpc) is 3.50. The molecule has 1 fully saturated rings. The molecular weight excluding hydrogens is 348 g/mol. The second-order valence-electron chi connectivity index (χ2n) is 7.80. The smallest absolute Gasteiger partial charge is 0.252 e. The fourth-order valence-corrected chi connectivity index (χ4v) is 3.52. The van der Waals surface area contributed by atoms with Crippen molar-refractivity contribution in [3.63, 3.8) is 0 Å². The van der Waals surface area contributed by atoms with Gasteiger partial charge in [-0.2, -0.15) is 5.10 Å². The van der Waals surface area contributed by atoms with Gasteiger partial charge in [0.2, 0.25) is 0 Å². The summed E-state index contributed by atoms with van der Waals surface area (Å²) in [4.78, 5) is 18.0. The van der Waals surface area contributed by atoms with Crippen molar-refractivity contribution in [2.24, 2.45) is 0 Å². The summed E-state index contributed by atoms with van der Waals surface area (Å²) >= 11 is 0. The third-order valence-electron chi connectivity index (χ3n) is 5.52. The van der Waals surface area contributed by atoms with Gasteiger partial charge in [-0.3, -0.25) is 4.79 Å². The SMILES string of the molecule is CCc1cc(C(=O)N[C@@H](C)CC)c2c(C3CC3)nn(Cc3ccccc3)c2n1. The van der Waals surface area contributed by atoms with E-state index in [9.17, 15) is 4.79 Å². The number of pyridine rings is 1. The van der Waals surface area contributed by atoms with Crippen molar-refractivity contribution in [1.29, 1.82) is 0 Å². The molecule has 0 unspecified atom stereocenters. The van der Waals surface area contributed by atoms with E-state index in [2.05, 4.69) is 31.3 Å². The van der Waals surface area contributed by atoms with Crippen molar-refractivity contribution in [3.8, 4) is 0 Å². The van der Waals surface area contributed by atoms with Crippen LogP contribution in [-0.2, 0) is 13.0 Å². The second-order valence-corrected chi connectivity index (χ2v) is 7.80. The number of fused-ring (bicyclic) bond motifs is 1. The van der Waals surface area contributed by atoms with Crippen molar-refractivity contribution in [1.82, 2.24) is 20.1 Å². The zero-order chi connectivity index (χ0) is 19.7. The van der Waals surface area contributed by atoms with Crippen LogP contribution >= 0.6 is 0 Å². The molecule has 28 heavy (non-hydrogen) atoms. The molecule has 1 aliphatic rings. The zero-order valence-electron chi connectivity index (χ0n) is 16.9. The van der Waals surface area contributed by atoms with E-state index >= 15 is 0 Å². The molecule has 1 saturated carbocycles. The van der Waals surface area contributed by atoms with Crippen LogP contribution in [0.4, 0.5) is 0 Å². The lowest BCUT2D eigenvalue weighted by molar-refractivity contribution is 0.0940. The maximum Gasteiger partial charge on any atom is 0.252 e. The summed E-state index contributed by atoms with van der Waals surface area (Å²) in [5, 5.41) is 9.01. The molecular formula is C23H28N4O. The first kappa shape index (κ1) is 18.7. The van der Waals surface area contributed by atoms with E-state index in [1.165, 1.54) is 5.56 Å². The van der Waals surface area contributed by atoms with Crippen LogP contribution in [0.1, 0.15) is 73.3 Å². The van der Waals surface area contributed by atoms with Crippen LogP contribution < -0.4 is 5.32 Å². The van der Waals surface area contributed by atoms with Crippen LogP contribution in [-0.4, -0.2) is 26.7 Å². The Kier molecular flexibility index (Phi) is 5.16. The van der Waals surface area contributed by atoms with Crippen molar-refractivity contribution >= 4 is 16.9 Å². The summed E-state index contributed by atoms with van der Waals surface area (Å²) in [5.41, 5.74) is 4.71. The van der Waals surface area contributed by atoms with E-state index in [0.29, 0.717) is 12.5 Å². The Labute approximate surface area is 166 Å². The van der Waals surface area contributed by atoms with Crippen molar-refractivity contribution in [2.75, 3.05) is 0 Å². The number of nitrogens with zero attached hydrogens (tertiary/aromatic N) is 3. The minimum atomic E-state index is -0.0161. The molecule has 146 valence electrons. The predicted molar refractivity (Wildman–Crippen MR) is 112 cm³/mol. The van der Waals surface area contributed by atoms with Gasteiger partial charge in [-0.25, -0.2) is 9.67 Å². The molecule has 3 aromatic rings. The number of nitrogens with one attached hydrogen (secondary N) is 1. The van der Waals surface area contributed by atoms with Crippen LogP contribution in [0.25, 0.3) is 11.0 Å². The van der Waals surface area contributed by atoms with Crippen LogP contribution in [0.5, 0.6) is 0 Å². The fraction of sp³-hybridized carbons (Fsp3) is 0.435. The molecule has 1 aromatic carbocycles. The van der Waals surface area contributed by atoms with Gasteiger partial charge in [-0.15, -0.1) is 0 Å². The van der Waals surface area contributed by atoms with Crippen LogP contribution in [0.3, 0.4) is 0 Å². The number of aromatic nitrogens is 3. The van der Waals surface area contributed by atoms with E-state index < -0.39 is 0 Å². The van der Waals surface area contributed by atoms with E-state index in [4.69, 9.17) is 10.1 Å². The molecule has 1 amide bonds. The Hall–Kier alpha value is -2.69. The molecule has 5 heteroatoms. The molecule has 5 nitrogen and oxygen atoms in total. The standard InChI is InChI=1S/C23H28N4O/c1-4-15(3)24-23(28)19-13-18(5-2)25-22-20(19)21(17-11-12-17)26-27(22)14-16-9-7-6-8-10-16/h6-10,13,15,17H,4-5,11-12,14H2,1-3H3,(H,24,28)/t15-/m0/s1. The highest BCUT2D eigenvalue weighted by atomic mass is 16.1. The number of hydrogen-bond acceptors (Lipinski definition) is 3. The van der Waals surface area contributed by atoms with E-state index in [1.54, 1.807) is 0 Å². The van der Waals surface area contributed by atoms with Crippen molar-refractivity contribution in [3.05, 3.63) is 58.9 Å². The van der Waals surface area contributed by atoms with Gasteiger partial charge in [0, 0.05) is 17.7 Å². The average molecular weight is 377 g/mol. The third-order valence-corrected chi connectivity index (χ3v) is 5.52. The van der Waals surface area contributed by atoms with Gasteiger partial charge in [-0.1, -0.05) is 44.2 Å². The minimum absolute atomic E-state index is 0.0161. The first-order valence-electron chi connectivity index (χ1n) is 10.4. The quantitative estimate of drug-likeness (QED) is 0.663. The second kappa shape index (κ2) is 7.74. The van der Waals surface area contributed by atoms with Gasteiger partial charge in [-0.05, 0) is 44.2 Å². The molecule has 2 aromatic heterocycles. The largest absolute Gasteiger partial charge is 0.350 e. The number of rotatable bonds is 7. The number of amides is 1. The number of aryl methyl sites for hydroxylation is 1. The molecule has 0 radical (unpaired) electrons. The van der Waals surface area contributed by atoms with Crippen LogP contribution in [0.2, 0.25) is 0 Å². The molecule has 0 spiro atoms. The molecule has 0 saturated heterocycles. The maximum absolute atomic E-state index is 13.1. The summed E-state index contributed by atoms with van der Waals surface area (Å²) in [6, 6.07) is 12.4. The van der Waals surface area contributed by atoms with Crippen LogP contribution in [0.15, 0.2) is 36.4 Å². The first-order valence-corrected chi connectivity index (χ1v) is 10.4. The van der Waals surface area contributed by atoms with Crippen molar-refractivity contribution < 1.29 is 4.79 Å². The first-order chi connectivity index (χ1) is 13.6. The monoisotopic (exact) mass is 376 g/mol. The summed E-state index contributed by atoms with van der Waals surface area (Å²) in [6.45, 7) is 6.86.